The molecule has 1 atom stereocenters. The van der Waals surface area contributed by atoms with Crippen molar-refractivity contribution >= 4 is 27.5 Å². The Kier molecular flexibility index (Phi) is 4.06. The van der Waals surface area contributed by atoms with Crippen molar-refractivity contribution in [3.8, 4) is 5.75 Å². The molecule has 0 aliphatic carbocycles. The van der Waals surface area contributed by atoms with Gasteiger partial charge >= 0.3 is 0 Å². The van der Waals surface area contributed by atoms with Crippen LogP contribution in [0.2, 0.25) is 0 Å². The minimum Gasteiger partial charge on any atom is -0.476 e. The van der Waals surface area contributed by atoms with Crippen LogP contribution in [-0.4, -0.2) is 22.2 Å². The molecule has 2 heterocycles. The molecule has 1 aliphatic rings. The van der Waals surface area contributed by atoms with Crippen molar-refractivity contribution in [3.05, 3.63) is 45.4 Å². The third kappa shape index (κ3) is 2.81. The number of aryl methyl sites for hydroxylation is 2. The van der Waals surface area contributed by atoms with Crippen LogP contribution in [0.4, 0.5) is 10.1 Å². The van der Waals surface area contributed by atoms with E-state index in [2.05, 4.69) is 26.1 Å². The van der Waals surface area contributed by atoms with Gasteiger partial charge in [-0.3, -0.25) is 4.79 Å². The van der Waals surface area contributed by atoms with Gasteiger partial charge in [-0.25, -0.2) is 4.39 Å². The Hall–Kier alpha value is -2.02. The monoisotopic (exact) mass is 379 g/mol. The van der Waals surface area contributed by atoms with Gasteiger partial charge in [0.25, 0.3) is 5.91 Å². The first-order valence-corrected chi connectivity index (χ1v) is 7.92. The maximum atomic E-state index is 14.2. The standard InChI is InChI=1S/C16H15BrFN3O2/c1-8-6-19-20-9(2)12(8)7-21-14-5-11(17)4-13(18)15(14)23-10(3)16(21)22/h4-6,10H,7H2,1-3H3/t10-/m1/s1. The molecular weight excluding hydrogens is 365 g/mol. The second-order valence-corrected chi connectivity index (χ2v) is 6.43. The lowest BCUT2D eigenvalue weighted by molar-refractivity contribution is -0.125. The molecule has 2 aromatic rings. The maximum absolute atomic E-state index is 14.2. The second kappa shape index (κ2) is 5.88. The number of aromatic nitrogens is 2. The fraction of sp³-hybridized carbons (Fsp3) is 0.312. The summed E-state index contributed by atoms with van der Waals surface area (Å²) in [5, 5.41) is 7.94. The van der Waals surface area contributed by atoms with Crippen LogP contribution >= 0.6 is 15.9 Å². The lowest BCUT2D eigenvalue weighted by Crippen LogP contribution is -2.44. The fourth-order valence-electron chi connectivity index (χ4n) is 2.62. The Labute approximate surface area is 141 Å². The topological polar surface area (TPSA) is 55.3 Å². The van der Waals surface area contributed by atoms with Crippen LogP contribution in [0.5, 0.6) is 5.75 Å². The molecule has 1 amide bonds. The van der Waals surface area contributed by atoms with Crippen LogP contribution in [0.15, 0.2) is 22.8 Å². The van der Waals surface area contributed by atoms with Crippen molar-refractivity contribution in [1.82, 2.24) is 10.2 Å². The minimum atomic E-state index is -0.742. The van der Waals surface area contributed by atoms with E-state index in [1.807, 2.05) is 13.8 Å². The summed E-state index contributed by atoms with van der Waals surface area (Å²) in [6, 6.07) is 3.01. The highest BCUT2D eigenvalue weighted by atomic mass is 79.9. The minimum absolute atomic E-state index is 0.0950. The first-order chi connectivity index (χ1) is 10.9. The van der Waals surface area contributed by atoms with Crippen molar-refractivity contribution in [1.29, 1.82) is 0 Å². The smallest absolute Gasteiger partial charge is 0.268 e. The van der Waals surface area contributed by atoms with E-state index in [-0.39, 0.29) is 11.7 Å². The number of fused-ring (bicyclic) bond motifs is 1. The van der Waals surface area contributed by atoms with Gasteiger partial charge in [0.2, 0.25) is 0 Å². The number of hydrogen-bond donors (Lipinski definition) is 0. The van der Waals surface area contributed by atoms with Crippen LogP contribution in [0.25, 0.3) is 0 Å². The Balaban J connectivity index is 2.10. The zero-order valence-electron chi connectivity index (χ0n) is 12.9. The molecule has 23 heavy (non-hydrogen) atoms. The van der Waals surface area contributed by atoms with Gasteiger partial charge in [-0.2, -0.15) is 10.2 Å². The lowest BCUT2D eigenvalue weighted by atomic mass is 10.1. The molecule has 0 spiro atoms. The van der Waals surface area contributed by atoms with E-state index < -0.39 is 11.9 Å². The molecule has 5 nitrogen and oxygen atoms in total. The second-order valence-electron chi connectivity index (χ2n) is 5.51. The molecule has 0 fully saturated rings. The van der Waals surface area contributed by atoms with Gasteiger partial charge in [-0.05, 0) is 44.0 Å². The van der Waals surface area contributed by atoms with Crippen LogP contribution in [0, 0.1) is 19.7 Å². The van der Waals surface area contributed by atoms with Crippen molar-refractivity contribution in [2.45, 2.75) is 33.4 Å². The van der Waals surface area contributed by atoms with E-state index in [1.165, 1.54) is 11.0 Å². The summed E-state index contributed by atoms with van der Waals surface area (Å²) in [6.07, 6.45) is 0.910. The third-order valence-electron chi connectivity index (χ3n) is 3.88. The highest BCUT2D eigenvalue weighted by Gasteiger charge is 2.34. The molecule has 1 aromatic carbocycles. The van der Waals surface area contributed by atoms with Crippen molar-refractivity contribution in [2.75, 3.05) is 4.90 Å². The molecule has 0 unspecified atom stereocenters. The summed E-state index contributed by atoms with van der Waals surface area (Å²) in [5.41, 5.74) is 2.99. The largest absolute Gasteiger partial charge is 0.476 e. The quantitative estimate of drug-likeness (QED) is 0.802. The summed E-state index contributed by atoms with van der Waals surface area (Å²) in [4.78, 5) is 14.1. The van der Waals surface area contributed by atoms with Gasteiger partial charge in [0.05, 0.1) is 24.1 Å². The average Bonchev–Trinajstić information content (AvgIpc) is 2.48. The van der Waals surface area contributed by atoms with Crippen LogP contribution in [0.3, 0.4) is 0 Å². The SMILES string of the molecule is Cc1cnnc(C)c1CN1C(=O)[C@@H](C)Oc2c(F)cc(Br)cc21. The predicted octanol–water partition coefficient (Wildman–Crippen LogP) is 3.31. The molecule has 0 saturated carbocycles. The zero-order chi connectivity index (χ0) is 16.7. The highest BCUT2D eigenvalue weighted by Crippen LogP contribution is 2.39. The van der Waals surface area contributed by atoms with Crippen LogP contribution in [-0.2, 0) is 11.3 Å². The predicted molar refractivity (Wildman–Crippen MR) is 86.9 cm³/mol. The van der Waals surface area contributed by atoms with Crippen molar-refractivity contribution in [2.24, 2.45) is 0 Å². The number of benzene rings is 1. The number of anilines is 1. The van der Waals surface area contributed by atoms with Crippen molar-refractivity contribution < 1.29 is 13.9 Å². The van der Waals surface area contributed by atoms with Gasteiger partial charge in [0.1, 0.15) is 0 Å². The van der Waals surface area contributed by atoms with Gasteiger partial charge in [0.15, 0.2) is 17.7 Å². The van der Waals surface area contributed by atoms with E-state index in [1.54, 1.807) is 19.2 Å². The number of rotatable bonds is 2. The zero-order valence-corrected chi connectivity index (χ0v) is 14.5. The molecule has 7 heteroatoms. The Morgan fingerprint density at radius 2 is 2.13 bits per heavy atom. The number of ether oxygens (including phenoxy) is 1. The number of carbonyl (C=O) groups is 1. The van der Waals surface area contributed by atoms with Gasteiger partial charge in [-0.15, -0.1) is 0 Å². The lowest BCUT2D eigenvalue weighted by Gasteiger charge is -2.33. The first-order valence-electron chi connectivity index (χ1n) is 7.13. The summed E-state index contributed by atoms with van der Waals surface area (Å²) < 4.78 is 20.2. The van der Waals surface area contributed by atoms with E-state index >= 15 is 0 Å². The molecule has 1 aliphatic heterocycles. The van der Waals surface area contributed by atoms with Crippen LogP contribution in [0.1, 0.15) is 23.7 Å². The van der Waals surface area contributed by atoms with Crippen molar-refractivity contribution in [3.63, 3.8) is 0 Å². The molecule has 3 rings (SSSR count). The van der Waals surface area contributed by atoms with Crippen LogP contribution < -0.4 is 9.64 Å². The highest BCUT2D eigenvalue weighted by molar-refractivity contribution is 9.10. The molecule has 0 N–H and O–H groups in total. The van der Waals surface area contributed by atoms with E-state index in [4.69, 9.17) is 4.74 Å². The number of amides is 1. The maximum Gasteiger partial charge on any atom is 0.268 e. The number of hydrogen-bond acceptors (Lipinski definition) is 4. The molecular formula is C16H15BrFN3O2. The molecule has 0 bridgehead atoms. The third-order valence-corrected chi connectivity index (χ3v) is 4.33. The summed E-state index contributed by atoms with van der Waals surface area (Å²) in [6.45, 7) is 5.66. The van der Waals surface area contributed by atoms with Gasteiger partial charge in [0, 0.05) is 4.47 Å². The summed E-state index contributed by atoms with van der Waals surface area (Å²) in [7, 11) is 0. The number of carbonyl (C=O) groups excluding carboxylic acids is 1. The number of halogens is 2. The average molecular weight is 380 g/mol. The van der Waals surface area contributed by atoms with Gasteiger partial charge < -0.3 is 9.64 Å². The molecule has 1 aromatic heterocycles. The normalized spacial score (nSPS) is 17.0. The summed E-state index contributed by atoms with van der Waals surface area (Å²) >= 11 is 3.26. The Morgan fingerprint density at radius 3 is 2.83 bits per heavy atom. The number of nitrogens with zero attached hydrogens (tertiary/aromatic N) is 3. The van der Waals surface area contributed by atoms with E-state index in [0.717, 1.165) is 16.8 Å². The molecule has 0 saturated heterocycles. The fourth-order valence-corrected chi connectivity index (χ4v) is 3.03. The van der Waals surface area contributed by atoms with Gasteiger partial charge in [-0.1, -0.05) is 15.9 Å². The van der Waals surface area contributed by atoms with E-state index in [0.29, 0.717) is 16.7 Å². The Bertz CT molecular complexity index is 777. The molecule has 0 radical (unpaired) electrons. The summed E-state index contributed by atoms with van der Waals surface area (Å²) in [5.74, 6) is -0.622. The first kappa shape index (κ1) is 15.9. The Morgan fingerprint density at radius 1 is 1.39 bits per heavy atom. The van der Waals surface area contributed by atoms with E-state index in [9.17, 15) is 9.18 Å². The molecule has 120 valence electrons.